The smallest absolute Gasteiger partial charge is 0.135 e. The van der Waals surface area contributed by atoms with Crippen LogP contribution in [0.25, 0.3) is 11.4 Å². The summed E-state index contributed by atoms with van der Waals surface area (Å²) in [6, 6.07) is 10.1. The summed E-state index contributed by atoms with van der Waals surface area (Å²) in [5, 5.41) is 8.24. The van der Waals surface area contributed by atoms with Gasteiger partial charge in [0.25, 0.3) is 0 Å². The Morgan fingerprint density at radius 3 is 2.68 bits per heavy atom. The van der Waals surface area contributed by atoms with Crippen molar-refractivity contribution in [3.8, 4) is 11.4 Å². The summed E-state index contributed by atoms with van der Waals surface area (Å²) in [5.41, 5.74) is 8.65. The van der Waals surface area contributed by atoms with E-state index in [-0.39, 0.29) is 0 Å². The van der Waals surface area contributed by atoms with E-state index in [2.05, 4.69) is 27.3 Å². The molecule has 1 aromatic carbocycles. The number of nitrogens with two attached hydrogens (primary N) is 1. The highest BCUT2D eigenvalue weighted by Gasteiger charge is 2.12. The van der Waals surface area contributed by atoms with Crippen LogP contribution in [0.4, 0.5) is 5.82 Å². The number of anilines is 1. The molecule has 0 atom stereocenters. The minimum absolute atomic E-state index is 0.601. The largest absolute Gasteiger partial charge is 0.383 e. The lowest BCUT2D eigenvalue weighted by Crippen LogP contribution is -2.03. The number of aryl methyl sites for hydroxylation is 1. The molecule has 19 heavy (non-hydrogen) atoms. The Kier molecular flexibility index (Phi) is 2.75. The molecule has 0 aliphatic carbocycles. The van der Waals surface area contributed by atoms with Crippen molar-refractivity contribution in [1.82, 2.24) is 24.5 Å². The van der Waals surface area contributed by atoms with Crippen LogP contribution in [0, 0.1) is 0 Å². The molecule has 6 heteroatoms. The summed E-state index contributed by atoms with van der Waals surface area (Å²) in [7, 11) is 1.76. The maximum absolute atomic E-state index is 6.12. The minimum atomic E-state index is 0.601. The maximum Gasteiger partial charge on any atom is 0.135 e. The van der Waals surface area contributed by atoms with Gasteiger partial charge >= 0.3 is 0 Å². The summed E-state index contributed by atoms with van der Waals surface area (Å²) in [6.07, 6.45) is 3.39. The molecule has 2 N–H and O–H groups in total. The molecule has 0 amide bonds. The third kappa shape index (κ3) is 2.20. The van der Waals surface area contributed by atoms with E-state index in [1.165, 1.54) is 10.4 Å². The highest BCUT2D eigenvalue weighted by Crippen LogP contribution is 2.22. The van der Waals surface area contributed by atoms with Gasteiger partial charge in [-0.25, -0.2) is 4.98 Å². The first-order valence-electron chi connectivity index (χ1n) is 5.95. The van der Waals surface area contributed by atoms with Crippen molar-refractivity contribution in [2.75, 3.05) is 5.73 Å². The maximum atomic E-state index is 6.12. The van der Waals surface area contributed by atoms with Crippen LogP contribution in [-0.4, -0.2) is 24.5 Å². The van der Waals surface area contributed by atoms with Gasteiger partial charge in [-0.05, 0) is 5.56 Å². The van der Waals surface area contributed by atoms with Gasteiger partial charge in [-0.1, -0.05) is 30.3 Å². The fourth-order valence-corrected chi connectivity index (χ4v) is 1.95. The second kappa shape index (κ2) is 4.56. The van der Waals surface area contributed by atoms with E-state index >= 15 is 0 Å². The van der Waals surface area contributed by atoms with E-state index in [4.69, 9.17) is 5.73 Å². The first kappa shape index (κ1) is 11.5. The zero-order valence-corrected chi connectivity index (χ0v) is 10.6. The second-order valence-corrected chi connectivity index (χ2v) is 4.31. The van der Waals surface area contributed by atoms with Crippen LogP contribution in [-0.2, 0) is 13.6 Å². The molecule has 0 aliphatic heterocycles. The zero-order valence-electron chi connectivity index (χ0n) is 10.6. The van der Waals surface area contributed by atoms with E-state index in [1.807, 2.05) is 22.8 Å². The third-order valence-electron chi connectivity index (χ3n) is 2.92. The SMILES string of the molecule is Cn1ncc(-c2ncn(Cc3ccccc3)c2N)n1. The first-order valence-corrected chi connectivity index (χ1v) is 5.95. The van der Waals surface area contributed by atoms with Gasteiger partial charge in [-0.2, -0.15) is 15.0 Å². The van der Waals surface area contributed by atoms with Crippen LogP contribution >= 0.6 is 0 Å². The van der Waals surface area contributed by atoms with Crippen LogP contribution in [0.1, 0.15) is 5.56 Å². The molecule has 0 bridgehead atoms. The van der Waals surface area contributed by atoms with Crippen LogP contribution in [0.2, 0.25) is 0 Å². The van der Waals surface area contributed by atoms with Crippen molar-refractivity contribution >= 4 is 5.82 Å². The van der Waals surface area contributed by atoms with Gasteiger partial charge < -0.3 is 10.3 Å². The lowest BCUT2D eigenvalue weighted by molar-refractivity contribution is 0.655. The first-order chi connectivity index (χ1) is 9.24. The Hall–Kier alpha value is -2.63. The predicted octanol–water partition coefficient (Wildman–Crippen LogP) is 1.31. The Balaban J connectivity index is 1.91. The monoisotopic (exact) mass is 254 g/mol. The Morgan fingerprint density at radius 2 is 2.00 bits per heavy atom. The fraction of sp³-hybridized carbons (Fsp3) is 0.154. The van der Waals surface area contributed by atoms with Crippen molar-refractivity contribution in [3.63, 3.8) is 0 Å². The quantitative estimate of drug-likeness (QED) is 0.764. The van der Waals surface area contributed by atoms with E-state index in [0.717, 1.165) is 0 Å². The molecule has 96 valence electrons. The average molecular weight is 254 g/mol. The van der Waals surface area contributed by atoms with Crippen LogP contribution in [0.5, 0.6) is 0 Å². The van der Waals surface area contributed by atoms with Gasteiger partial charge in [-0.3, -0.25) is 0 Å². The minimum Gasteiger partial charge on any atom is -0.383 e. The van der Waals surface area contributed by atoms with Crippen molar-refractivity contribution in [3.05, 3.63) is 48.4 Å². The number of nitrogen functional groups attached to an aromatic ring is 1. The normalized spacial score (nSPS) is 10.8. The number of nitrogens with zero attached hydrogens (tertiary/aromatic N) is 5. The molecule has 0 unspecified atom stereocenters. The molecular formula is C13H14N6. The third-order valence-corrected chi connectivity index (χ3v) is 2.92. The van der Waals surface area contributed by atoms with Gasteiger partial charge in [0.1, 0.15) is 17.2 Å². The van der Waals surface area contributed by atoms with Gasteiger partial charge in [0, 0.05) is 7.05 Å². The molecule has 0 fully saturated rings. The lowest BCUT2D eigenvalue weighted by Gasteiger charge is -2.05. The van der Waals surface area contributed by atoms with Crippen LogP contribution in [0.15, 0.2) is 42.9 Å². The molecule has 2 heterocycles. The number of aromatic nitrogens is 5. The lowest BCUT2D eigenvalue weighted by atomic mass is 10.2. The van der Waals surface area contributed by atoms with E-state index in [1.54, 1.807) is 19.6 Å². The van der Waals surface area contributed by atoms with Gasteiger partial charge in [-0.15, -0.1) is 0 Å². The van der Waals surface area contributed by atoms with Crippen molar-refractivity contribution < 1.29 is 0 Å². The van der Waals surface area contributed by atoms with Gasteiger partial charge in [0.15, 0.2) is 0 Å². The second-order valence-electron chi connectivity index (χ2n) is 4.31. The molecule has 3 rings (SSSR count). The zero-order chi connectivity index (χ0) is 13.2. The summed E-state index contributed by atoms with van der Waals surface area (Å²) in [6.45, 7) is 0.694. The summed E-state index contributed by atoms with van der Waals surface area (Å²) >= 11 is 0. The Bertz CT molecular complexity index is 682. The molecule has 0 saturated heterocycles. The van der Waals surface area contributed by atoms with Crippen LogP contribution in [0.3, 0.4) is 0 Å². The number of imidazole rings is 1. The van der Waals surface area contributed by atoms with E-state index < -0.39 is 0 Å². The number of hydrogen-bond donors (Lipinski definition) is 1. The highest BCUT2D eigenvalue weighted by molar-refractivity contribution is 5.66. The van der Waals surface area contributed by atoms with E-state index in [0.29, 0.717) is 23.8 Å². The van der Waals surface area contributed by atoms with Gasteiger partial charge in [0.2, 0.25) is 0 Å². The summed E-state index contributed by atoms with van der Waals surface area (Å²) < 4.78 is 1.90. The van der Waals surface area contributed by atoms with Gasteiger partial charge in [0.05, 0.1) is 19.1 Å². The number of hydrogen-bond acceptors (Lipinski definition) is 4. The Labute approximate surface area is 110 Å². The van der Waals surface area contributed by atoms with E-state index in [9.17, 15) is 0 Å². The highest BCUT2D eigenvalue weighted by atomic mass is 15.4. The number of rotatable bonds is 3. The van der Waals surface area contributed by atoms with Crippen molar-refractivity contribution in [2.24, 2.45) is 7.05 Å². The van der Waals surface area contributed by atoms with Crippen LogP contribution < -0.4 is 5.73 Å². The van der Waals surface area contributed by atoms with Crippen molar-refractivity contribution in [1.29, 1.82) is 0 Å². The Morgan fingerprint density at radius 1 is 1.21 bits per heavy atom. The molecule has 6 nitrogen and oxygen atoms in total. The molecule has 0 spiro atoms. The molecule has 0 aliphatic rings. The molecular weight excluding hydrogens is 240 g/mol. The molecule has 0 saturated carbocycles. The molecule has 0 radical (unpaired) electrons. The standard InChI is InChI=1S/C13H14N6/c1-18-16-7-11(17-18)12-13(14)19(9-15-12)8-10-5-3-2-4-6-10/h2-7,9H,8,14H2,1H3. The van der Waals surface area contributed by atoms with Crippen molar-refractivity contribution in [2.45, 2.75) is 6.54 Å². The number of benzene rings is 1. The average Bonchev–Trinajstić information content (AvgIpc) is 2.99. The topological polar surface area (TPSA) is 74.5 Å². The molecule has 2 aromatic heterocycles. The predicted molar refractivity (Wildman–Crippen MR) is 72.2 cm³/mol. The summed E-state index contributed by atoms with van der Waals surface area (Å²) in [5.74, 6) is 0.601. The fourth-order valence-electron chi connectivity index (χ4n) is 1.95. The molecule has 3 aromatic rings. The summed E-state index contributed by atoms with van der Waals surface area (Å²) in [4.78, 5) is 5.81.